The van der Waals surface area contributed by atoms with Crippen LogP contribution in [0.15, 0.2) is 48.5 Å². The lowest BCUT2D eigenvalue weighted by Crippen LogP contribution is -2.25. The highest BCUT2D eigenvalue weighted by molar-refractivity contribution is 5.40. The maximum absolute atomic E-state index is 13.9. The highest BCUT2D eigenvalue weighted by Gasteiger charge is 2.28. The first-order valence-electron chi connectivity index (χ1n) is 6.79. The summed E-state index contributed by atoms with van der Waals surface area (Å²) in [6, 6.07) is 15.7. The first kappa shape index (κ1) is 12.4. The number of rotatable bonds is 4. The van der Waals surface area contributed by atoms with E-state index in [2.05, 4.69) is 29.6 Å². The fraction of sp³-hybridized carbons (Fsp3) is 0.294. The molecule has 0 fully saturated rings. The standard InChI is InChI=1S/C17H18FN/c1-19-17(15-8-4-5-9-16(15)18)11-13-10-12-6-2-3-7-14(12)13/h2-9,13,17,19H,10-11H2,1H3. The maximum atomic E-state index is 13.9. The van der Waals surface area contributed by atoms with Crippen molar-refractivity contribution in [3.8, 4) is 0 Å². The molecule has 1 aliphatic carbocycles. The lowest BCUT2D eigenvalue weighted by atomic mass is 9.74. The van der Waals surface area contributed by atoms with Crippen LogP contribution >= 0.6 is 0 Å². The minimum absolute atomic E-state index is 0.0829. The Morgan fingerprint density at radius 3 is 2.63 bits per heavy atom. The fourth-order valence-corrected chi connectivity index (χ4v) is 3.02. The summed E-state index contributed by atoms with van der Waals surface area (Å²) in [5.74, 6) is 0.433. The molecule has 98 valence electrons. The lowest BCUT2D eigenvalue weighted by molar-refractivity contribution is 0.437. The van der Waals surface area contributed by atoms with Gasteiger partial charge in [0.05, 0.1) is 0 Å². The van der Waals surface area contributed by atoms with Crippen LogP contribution in [0.5, 0.6) is 0 Å². The van der Waals surface area contributed by atoms with Gasteiger partial charge in [0, 0.05) is 11.6 Å². The van der Waals surface area contributed by atoms with E-state index in [0.717, 1.165) is 18.4 Å². The fourth-order valence-electron chi connectivity index (χ4n) is 3.02. The van der Waals surface area contributed by atoms with Crippen LogP contribution in [0.25, 0.3) is 0 Å². The van der Waals surface area contributed by atoms with Gasteiger partial charge in [-0.2, -0.15) is 0 Å². The minimum Gasteiger partial charge on any atom is -0.313 e. The molecule has 0 bridgehead atoms. The molecule has 0 aliphatic heterocycles. The minimum atomic E-state index is -0.116. The van der Waals surface area contributed by atoms with Gasteiger partial charge in [-0.05, 0) is 43.0 Å². The van der Waals surface area contributed by atoms with Gasteiger partial charge in [-0.25, -0.2) is 4.39 Å². The van der Waals surface area contributed by atoms with Crippen molar-refractivity contribution in [2.75, 3.05) is 7.05 Å². The molecule has 0 aromatic heterocycles. The second kappa shape index (κ2) is 5.14. The maximum Gasteiger partial charge on any atom is 0.127 e. The number of hydrogen-bond acceptors (Lipinski definition) is 1. The van der Waals surface area contributed by atoms with E-state index in [1.54, 1.807) is 6.07 Å². The third-order valence-corrected chi connectivity index (χ3v) is 4.11. The van der Waals surface area contributed by atoms with Gasteiger partial charge < -0.3 is 5.32 Å². The average Bonchev–Trinajstić information content (AvgIpc) is 2.42. The molecule has 1 nitrogen and oxygen atoms in total. The molecule has 1 aliphatic rings. The third-order valence-electron chi connectivity index (χ3n) is 4.11. The number of nitrogens with one attached hydrogen (secondary N) is 1. The molecule has 3 rings (SSSR count). The summed E-state index contributed by atoms with van der Waals surface area (Å²) in [5.41, 5.74) is 3.64. The first-order chi connectivity index (χ1) is 9.29. The second-order valence-electron chi connectivity index (χ2n) is 5.20. The monoisotopic (exact) mass is 255 g/mol. The molecular formula is C17H18FN. The quantitative estimate of drug-likeness (QED) is 0.876. The third kappa shape index (κ3) is 2.28. The highest BCUT2D eigenvalue weighted by atomic mass is 19.1. The molecule has 0 saturated carbocycles. The summed E-state index contributed by atoms with van der Waals surface area (Å²) in [5, 5.41) is 3.25. The van der Waals surface area contributed by atoms with Gasteiger partial charge in [0.2, 0.25) is 0 Å². The molecule has 0 spiro atoms. The Hall–Kier alpha value is -1.67. The van der Waals surface area contributed by atoms with E-state index in [1.807, 2.05) is 19.2 Å². The SMILES string of the molecule is CNC(CC1Cc2ccccc21)c1ccccc1F. The molecule has 0 amide bonds. The molecule has 19 heavy (non-hydrogen) atoms. The molecule has 2 unspecified atom stereocenters. The van der Waals surface area contributed by atoms with E-state index in [1.165, 1.54) is 17.2 Å². The number of benzene rings is 2. The zero-order chi connectivity index (χ0) is 13.2. The molecule has 2 aromatic carbocycles. The molecular weight excluding hydrogens is 237 g/mol. The summed E-state index contributed by atoms with van der Waals surface area (Å²) < 4.78 is 13.9. The number of halogens is 1. The molecule has 2 aromatic rings. The van der Waals surface area contributed by atoms with Crippen LogP contribution in [0.4, 0.5) is 4.39 Å². The van der Waals surface area contributed by atoms with E-state index < -0.39 is 0 Å². The summed E-state index contributed by atoms with van der Waals surface area (Å²) >= 11 is 0. The van der Waals surface area contributed by atoms with Gasteiger partial charge in [-0.1, -0.05) is 42.5 Å². The summed E-state index contributed by atoms with van der Waals surface area (Å²) in [4.78, 5) is 0. The van der Waals surface area contributed by atoms with Crippen molar-refractivity contribution < 1.29 is 4.39 Å². The van der Waals surface area contributed by atoms with Crippen molar-refractivity contribution in [2.24, 2.45) is 0 Å². The number of fused-ring (bicyclic) bond motifs is 1. The van der Waals surface area contributed by atoms with E-state index in [-0.39, 0.29) is 11.9 Å². The molecule has 0 radical (unpaired) electrons. The van der Waals surface area contributed by atoms with Crippen LogP contribution in [0.1, 0.15) is 35.1 Å². The predicted molar refractivity (Wildman–Crippen MR) is 75.7 cm³/mol. The summed E-state index contributed by atoms with van der Waals surface area (Å²) in [6.07, 6.45) is 2.07. The van der Waals surface area contributed by atoms with Crippen LogP contribution in [0.2, 0.25) is 0 Å². The topological polar surface area (TPSA) is 12.0 Å². The Bertz CT molecular complexity index is 579. The van der Waals surface area contributed by atoms with Crippen molar-refractivity contribution >= 4 is 0 Å². The second-order valence-corrected chi connectivity index (χ2v) is 5.20. The average molecular weight is 255 g/mol. The Kier molecular flexibility index (Phi) is 3.34. The Morgan fingerprint density at radius 1 is 1.16 bits per heavy atom. The van der Waals surface area contributed by atoms with Gasteiger partial charge in [-0.3, -0.25) is 0 Å². The van der Waals surface area contributed by atoms with Crippen molar-refractivity contribution in [1.82, 2.24) is 5.32 Å². The van der Waals surface area contributed by atoms with Crippen molar-refractivity contribution in [3.63, 3.8) is 0 Å². The largest absolute Gasteiger partial charge is 0.313 e. The van der Waals surface area contributed by atoms with Crippen LogP contribution in [-0.4, -0.2) is 7.05 Å². The molecule has 2 heteroatoms. The van der Waals surface area contributed by atoms with Crippen molar-refractivity contribution in [1.29, 1.82) is 0 Å². The van der Waals surface area contributed by atoms with Gasteiger partial charge in [0.15, 0.2) is 0 Å². The van der Waals surface area contributed by atoms with Gasteiger partial charge >= 0.3 is 0 Å². The van der Waals surface area contributed by atoms with Crippen LogP contribution in [0, 0.1) is 5.82 Å². The first-order valence-corrected chi connectivity index (χ1v) is 6.79. The van der Waals surface area contributed by atoms with E-state index in [9.17, 15) is 4.39 Å². The van der Waals surface area contributed by atoms with E-state index in [4.69, 9.17) is 0 Å². The van der Waals surface area contributed by atoms with E-state index >= 15 is 0 Å². The molecule has 0 saturated heterocycles. The zero-order valence-electron chi connectivity index (χ0n) is 11.1. The van der Waals surface area contributed by atoms with E-state index in [0.29, 0.717) is 5.92 Å². The molecule has 0 heterocycles. The molecule has 1 N–H and O–H groups in total. The van der Waals surface area contributed by atoms with Crippen LogP contribution in [-0.2, 0) is 6.42 Å². The van der Waals surface area contributed by atoms with Gasteiger partial charge in [-0.15, -0.1) is 0 Å². The van der Waals surface area contributed by atoms with Gasteiger partial charge in [0.1, 0.15) is 5.82 Å². The summed E-state index contributed by atoms with van der Waals surface area (Å²) in [7, 11) is 1.90. The van der Waals surface area contributed by atoms with Crippen molar-refractivity contribution in [2.45, 2.75) is 24.8 Å². The molecule has 2 atom stereocenters. The Morgan fingerprint density at radius 2 is 1.89 bits per heavy atom. The predicted octanol–water partition coefficient (Wildman–Crippen LogP) is 3.82. The zero-order valence-corrected chi connectivity index (χ0v) is 11.1. The Labute approximate surface area is 113 Å². The van der Waals surface area contributed by atoms with Crippen molar-refractivity contribution in [3.05, 3.63) is 71.0 Å². The smallest absolute Gasteiger partial charge is 0.127 e. The highest BCUT2D eigenvalue weighted by Crippen LogP contribution is 2.40. The van der Waals surface area contributed by atoms with Gasteiger partial charge in [0.25, 0.3) is 0 Å². The van der Waals surface area contributed by atoms with Crippen LogP contribution < -0.4 is 5.32 Å². The Balaban J connectivity index is 1.78. The van der Waals surface area contributed by atoms with Crippen LogP contribution in [0.3, 0.4) is 0 Å². The summed E-state index contributed by atoms with van der Waals surface area (Å²) in [6.45, 7) is 0. The lowest BCUT2D eigenvalue weighted by Gasteiger charge is -2.33. The normalized spacial score (nSPS) is 18.5. The number of hydrogen-bond donors (Lipinski definition) is 1.